The Balaban J connectivity index is 2.60. The summed E-state index contributed by atoms with van der Waals surface area (Å²) in [5, 5.41) is 16.2. The maximum atomic E-state index is 11.3. The number of hydrogen-bond acceptors (Lipinski definition) is 3. The Morgan fingerprint density at radius 3 is 2.53 bits per heavy atom. The van der Waals surface area contributed by atoms with Crippen molar-refractivity contribution in [3.05, 3.63) is 35.8 Å². The van der Waals surface area contributed by atoms with Crippen molar-refractivity contribution in [2.24, 2.45) is 0 Å². The highest BCUT2D eigenvalue weighted by Gasteiger charge is 2.22. The summed E-state index contributed by atoms with van der Waals surface area (Å²) in [4.78, 5) is 15.2. The van der Waals surface area contributed by atoms with Crippen LogP contribution in [0.5, 0.6) is 0 Å². The minimum Gasteiger partial charge on any atom is -0.478 e. The third kappa shape index (κ3) is 2.04. The van der Waals surface area contributed by atoms with Gasteiger partial charge in [-0.1, -0.05) is 13.8 Å². The molecule has 17 heavy (non-hydrogen) atoms. The van der Waals surface area contributed by atoms with Crippen LogP contribution in [0.4, 0.5) is 0 Å². The van der Waals surface area contributed by atoms with Crippen molar-refractivity contribution < 1.29 is 9.90 Å². The lowest BCUT2D eigenvalue weighted by Gasteiger charge is -2.03. The summed E-state index contributed by atoms with van der Waals surface area (Å²) in [6, 6.07) is 3.49. The van der Waals surface area contributed by atoms with Gasteiger partial charge in [0.2, 0.25) is 0 Å². The van der Waals surface area contributed by atoms with Crippen LogP contribution in [-0.4, -0.2) is 26.3 Å². The van der Waals surface area contributed by atoms with E-state index in [1.54, 1.807) is 24.5 Å². The van der Waals surface area contributed by atoms with Gasteiger partial charge < -0.3 is 5.11 Å². The van der Waals surface area contributed by atoms with Gasteiger partial charge in [0.1, 0.15) is 11.3 Å². The predicted octanol–water partition coefficient (Wildman–Crippen LogP) is 2.29. The summed E-state index contributed by atoms with van der Waals surface area (Å²) in [5.41, 5.74) is 2.10. The van der Waals surface area contributed by atoms with Gasteiger partial charge in [-0.15, -0.1) is 0 Å². The standard InChI is InChI=1S/C12H13N3O2/c1-7(2)10-9(12(16)17)11(15-14-10)8-3-5-13-6-4-8/h3-7H,1-2H3,(H,14,15)(H,16,17). The quantitative estimate of drug-likeness (QED) is 0.849. The van der Waals surface area contributed by atoms with Gasteiger partial charge in [-0.25, -0.2) is 4.79 Å². The Labute approximate surface area is 98.5 Å². The van der Waals surface area contributed by atoms with Crippen molar-refractivity contribution >= 4 is 5.97 Å². The van der Waals surface area contributed by atoms with Crippen LogP contribution in [0.2, 0.25) is 0 Å². The normalized spacial score (nSPS) is 10.8. The number of carbonyl (C=O) groups is 1. The molecule has 0 aliphatic carbocycles. The molecule has 88 valence electrons. The first-order valence-corrected chi connectivity index (χ1v) is 5.33. The van der Waals surface area contributed by atoms with E-state index < -0.39 is 5.97 Å². The van der Waals surface area contributed by atoms with Crippen LogP contribution in [0, 0.1) is 0 Å². The van der Waals surface area contributed by atoms with Gasteiger partial charge in [0.25, 0.3) is 0 Å². The first-order valence-electron chi connectivity index (χ1n) is 5.33. The van der Waals surface area contributed by atoms with Crippen LogP contribution >= 0.6 is 0 Å². The molecular weight excluding hydrogens is 218 g/mol. The van der Waals surface area contributed by atoms with Crippen molar-refractivity contribution in [3.8, 4) is 11.3 Å². The Kier molecular flexibility index (Phi) is 2.91. The topological polar surface area (TPSA) is 78.9 Å². The number of aromatic carboxylic acids is 1. The van der Waals surface area contributed by atoms with E-state index in [0.717, 1.165) is 5.56 Å². The zero-order valence-corrected chi connectivity index (χ0v) is 9.64. The number of carboxylic acids is 1. The number of aromatic amines is 1. The highest BCUT2D eigenvalue weighted by Crippen LogP contribution is 2.27. The number of rotatable bonds is 3. The van der Waals surface area contributed by atoms with Crippen LogP contribution in [0.25, 0.3) is 11.3 Å². The van der Waals surface area contributed by atoms with Gasteiger partial charge in [-0.2, -0.15) is 5.10 Å². The lowest BCUT2D eigenvalue weighted by Crippen LogP contribution is -2.03. The molecule has 0 amide bonds. The minimum atomic E-state index is -0.964. The molecule has 0 atom stereocenters. The van der Waals surface area contributed by atoms with Crippen molar-refractivity contribution in [2.75, 3.05) is 0 Å². The average Bonchev–Trinajstić information content (AvgIpc) is 2.74. The highest BCUT2D eigenvalue weighted by molar-refractivity contribution is 5.96. The summed E-state index contributed by atoms with van der Waals surface area (Å²) in [7, 11) is 0. The molecule has 5 heteroatoms. The number of carboxylic acid groups (broad SMARTS) is 1. The van der Waals surface area contributed by atoms with Gasteiger partial charge in [0, 0.05) is 18.0 Å². The summed E-state index contributed by atoms with van der Waals surface area (Å²) < 4.78 is 0. The lowest BCUT2D eigenvalue weighted by molar-refractivity contribution is 0.0696. The fourth-order valence-corrected chi connectivity index (χ4v) is 1.71. The number of nitrogens with one attached hydrogen (secondary N) is 1. The monoisotopic (exact) mass is 231 g/mol. The summed E-state index contributed by atoms with van der Waals surface area (Å²) >= 11 is 0. The molecule has 0 radical (unpaired) electrons. The molecule has 2 rings (SSSR count). The zero-order valence-electron chi connectivity index (χ0n) is 9.64. The van der Waals surface area contributed by atoms with E-state index >= 15 is 0 Å². The fraction of sp³-hybridized carbons (Fsp3) is 0.250. The van der Waals surface area contributed by atoms with E-state index in [9.17, 15) is 9.90 Å². The van der Waals surface area contributed by atoms with Crippen LogP contribution in [0.3, 0.4) is 0 Å². The van der Waals surface area contributed by atoms with Gasteiger partial charge in [-0.3, -0.25) is 10.1 Å². The van der Waals surface area contributed by atoms with Crippen LogP contribution in [0.15, 0.2) is 24.5 Å². The smallest absolute Gasteiger partial charge is 0.339 e. The van der Waals surface area contributed by atoms with E-state index in [-0.39, 0.29) is 11.5 Å². The minimum absolute atomic E-state index is 0.0872. The number of nitrogens with zero attached hydrogens (tertiary/aromatic N) is 2. The Hall–Kier alpha value is -2.17. The molecule has 0 aliphatic rings. The number of pyridine rings is 1. The fourth-order valence-electron chi connectivity index (χ4n) is 1.71. The van der Waals surface area contributed by atoms with Gasteiger partial charge >= 0.3 is 5.97 Å². The second kappa shape index (κ2) is 4.37. The van der Waals surface area contributed by atoms with E-state index in [0.29, 0.717) is 11.4 Å². The van der Waals surface area contributed by atoms with Crippen molar-refractivity contribution in [3.63, 3.8) is 0 Å². The predicted molar refractivity (Wildman–Crippen MR) is 62.9 cm³/mol. The highest BCUT2D eigenvalue weighted by atomic mass is 16.4. The second-order valence-corrected chi connectivity index (χ2v) is 4.06. The van der Waals surface area contributed by atoms with Gasteiger partial charge in [0.15, 0.2) is 0 Å². The van der Waals surface area contributed by atoms with Crippen LogP contribution in [0.1, 0.15) is 35.8 Å². The number of aromatic nitrogens is 3. The maximum absolute atomic E-state index is 11.3. The zero-order chi connectivity index (χ0) is 12.4. The van der Waals surface area contributed by atoms with Crippen molar-refractivity contribution in [2.45, 2.75) is 19.8 Å². The van der Waals surface area contributed by atoms with Crippen molar-refractivity contribution in [1.82, 2.24) is 15.2 Å². The van der Waals surface area contributed by atoms with Crippen molar-refractivity contribution in [1.29, 1.82) is 0 Å². The molecule has 0 saturated carbocycles. The Bertz CT molecular complexity index is 532. The Morgan fingerprint density at radius 2 is 2.00 bits per heavy atom. The van der Waals surface area contributed by atoms with E-state index in [4.69, 9.17) is 0 Å². The largest absolute Gasteiger partial charge is 0.478 e. The molecule has 2 aromatic heterocycles. The first kappa shape index (κ1) is 11.3. The number of H-pyrrole nitrogens is 1. The Morgan fingerprint density at radius 1 is 1.35 bits per heavy atom. The number of hydrogen-bond donors (Lipinski definition) is 2. The average molecular weight is 231 g/mol. The summed E-state index contributed by atoms with van der Waals surface area (Å²) in [6.07, 6.45) is 3.23. The van der Waals surface area contributed by atoms with Gasteiger partial charge in [-0.05, 0) is 18.1 Å². The molecular formula is C12H13N3O2. The second-order valence-electron chi connectivity index (χ2n) is 4.06. The summed E-state index contributed by atoms with van der Waals surface area (Å²) in [5.74, 6) is -0.876. The summed E-state index contributed by atoms with van der Waals surface area (Å²) in [6.45, 7) is 3.85. The molecule has 2 aromatic rings. The van der Waals surface area contributed by atoms with E-state index in [1.165, 1.54) is 0 Å². The lowest BCUT2D eigenvalue weighted by atomic mass is 10.0. The molecule has 0 unspecified atom stereocenters. The van der Waals surface area contributed by atoms with E-state index in [1.807, 2.05) is 13.8 Å². The third-order valence-corrected chi connectivity index (χ3v) is 2.54. The van der Waals surface area contributed by atoms with Crippen LogP contribution < -0.4 is 0 Å². The molecule has 0 spiro atoms. The molecule has 0 saturated heterocycles. The molecule has 0 fully saturated rings. The van der Waals surface area contributed by atoms with Crippen LogP contribution in [-0.2, 0) is 0 Å². The molecule has 0 aliphatic heterocycles. The third-order valence-electron chi connectivity index (χ3n) is 2.54. The molecule has 0 aromatic carbocycles. The molecule has 5 nitrogen and oxygen atoms in total. The van der Waals surface area contributed by atoms with E-state index in [2.05, 4.69) is 15.2 Å². The molecule has 2 heterocycles. The SMILES string of the molecule is CC(C)c1[nH]nc(-c2ccncc2)c1C(=O)O. The van der Waals surface area contributed by atoms with Gasteiger partial charge in [0.05, 0.1) is 5.69 Å². The maximum Gasteiger partial charge on any atom is 0.339 e. The first-order chi connectivity index (χ1) is 8.11. The molecule has 2 N–H and O–H groups in total. The molecule has 0 bridgehead atoms.